The minimum atomic E-state index is -0.686. The molecule has 1 aliphatic rings. The van der Waals surface area contributed by atoms with Gasteiger partial charge in [0.2, 0.25) is 0 Å². The maximum absolute atomic E-state index is 13.8. The van der Waals surface area contributed by atoms with E-state index in [4.69, 9.17) is 27.9 Å². The lowest BCUT2D eigenvalue weighted by atomic mass is 9.95. The van der Waals surface area contributed by atoms with Gasteiger partial charge in [0.15, 0.2) is 4.80 Å². The topological polar surface area (TPSA) is 72.7 Å². The van der Waals surface area contributed by atoms with Gasteiger partial charge in [-0.2, -0.15) is 0 Å². The van der Waals surface area contributed by atoms with Gasteiger partial charge in [-0.25, -0.2) is 4.99 Å². The summed E-state index contributed by atoms with van der Waals surface area (Å²) in [6.45, 7) is 1.78. The maximum Gasteiger partial charge on any atom is 0.271 e. The van der Waals surface area contributed by atoms with Crippen LogP contribution in [0.5, 0.6) is 5.75 Å². The predicted octanol–water partition coefficient (Wildman–Crippen LogP) is 5.19. The smallest absolute Gasteiger partial charge is 0.271 e. The molecular weight excluding hydrogens is 529 g/mol. The summed E-state index contributed by atoms with van der Waals surface area (Å²) in [5.41, 5.74) is 2.72. The van der Waals surface area contributed by atoms with Crippen molar-refractivity contribution in [3.63, 3.8) is 0 Å². The molecule has 186 valence electrons. The summed E-state index contributed by atoms with van der Waals surface area (Å²) in [6, 6.07) is 20.9. The van der Waals surface area contributed by atoms with Gasteiger partial charge >= 0.3 is 0 Å². The Bertz CT molecular complexity index is 1710. The van der Waals surface area contributed by atoms with Gasteiger partial charge < -0.3 is 10.1 Å². The highest BCUT2D eigenvalue weighted by Crippen LogP contribution is 2.32. The first-order chi connectivity index (χ1) is 17.9. The van der Waals surface area contributed by atoms with Crippen LogP contribution in [0.3, 0.4) is 0 Å². The number of hydrogen-bond acceptors (Lipinski definition) is 5. The first kappa shape index (κ1) is 25.0. The summed E-state index contributed by atoms with van der Waals surface area (Å²) in [5.74, 6) is 0.341. The number of anilines is 1. The third-order valence-corrected chi connectivity index (χ3v) is 7.52. The van der Waals surface area contributed by atoms with Crippen LogP contribution in [-0.4, -0.2) is 17.6 Å². The Hall–Kier alpha value is -3.65. The lowest BCUT2D eigenvalue weighted by molar-refractivity contribution is -0.113. The van der Waals surface area contributed by atoms with E-state index in [2.05, 4.69) is 10.3 Å². The molecule has 1 aromatic heterocycles. The van der Waals surface area contributed by atoms with Crippen molar-refractivity contribution in [1.82, 2.24) is 4.57 Å². The van der Waals surface area contributed by atoms with Crippen molar-refractivity contribution in [3.8, 4) is 5.75 Å². The zero-order chi connectivity index (χ0) is 26.1. The molecule has 0 saturated carbocycles. The molecule has 3 aromatic carbocycles. The van der Waals surface area contributed by atoms with E-state index in [1.807, 2.05) is 30.3 Å². The van der Waals surface area contributed by atoms with Crippen molar-refractivity contribution in [2.45, 2.75) is 13.0 Å². The molecular formula is C28H21Cl2N3O3S. The number of carbonyl (C=O) groups is 1. The number of para-hydroxylation sites is 1. The van der Waals surface area contributed by atoms with E-state index in [-0.39, 0.29) is 11.5 Å². The highest BCUT2D eigenvalue weighted by atomic mass is 35.5. The first-order valence-corrected chi connectivity index (χ1v) is 12.9. The number of ether oxygens (including phenoxy) is 1. The zero-order valence-electron chi connectivity index (χ0n) is 19.9. The second kappa shape index (κ2) is 10.4. The fraction of sp³-hybridized carbons (Fsp3) is 0.107. The van der Waals surface area contributed by atoms with Gasteiger partial charge in [0.05, 0.1) is 29.0 Å². The van der Waals surface area contributed by atoms with Gasteiger partial charge in [0.25, 0.3) is 11.5 Å². The number of rotatable bonds is 5. The molecule has 0 radical (unpaired) electrons. The lowest BCUT2D eigenvalue weighted by Gasteiger charge is -2.25. The Morgan fingerprint density at radius 2 is 1.81 bits per heavy atom. The summed E-state index contributed by atoms with van der Waals surface area (Å²) in [7, 11) is 1.59. The van der Waals surface area contributed by atoms with Crippen molar-refractivity contribution in [1.29, 1.82) is 0 Å². The number of amides is 1. The predicted molar refractivity (Wildman–Crippen MR) is 148 cm³/mol. The number of benzene rings is 3. The van der Waals surface area contributed by atoms with Crippen molar-refractivity contribution in [2.24, 2.45) is 4.99 Å². The van der Waals surface area contributed by atoms with E-state index < -0.39 is 6.04 Å². The number of nitrogens with zero attached hydrogens (tertiary/aromatic N) is 2. The number of allylic oxidation sites excluding steroid dienone is 1. The van der Waals surface area contributed by atoms with Crippen LogP contribution in [0.15, 0.2) is 93.9 Å². The molecule has 0 unspecified atom stereocenters. The lowest BCUT2D eigenvalue weighted by Crippen LogP contribution is -2.40. The van der Waals surface area contributed by atoms with E-state index >= 15 is 0 Å². The monoisotopic (exact) mass is 549 g/mol. The van der Waals surface area contributed by atoms with E-state index in [1.165, 1.54) is 11.3 Å². The third kappa shape index (κ3) is 4.98. The quantitative estimate of drug-likeness (QED) is 0.372. The summed E-state index contributed by atoms with van der Waals surface area (Å²) in [4.78, 5) is 32.5. The van der Waals surface area contributed by atoms with Crippen LogP contribution in [0.25, 0.3) is 6.08 Å². The third-order valence-electron chi connectivity index (χ3n) is 5.98. The molecule has 2 heterocycles. The Labute approximate surface area is 226 Å². The molecule has 0 fully saturated rings. The van der Waals surface area contributed by atoms with Crippen molar-refractivity contribution in [2.75, 3.05) is 12.4 Å². The fourth-order valence-electron chi connectivity index (χ4n) is 4.19. The number of halogens is 2. The summed E-state index contributed by atoms with van der Waals surface area (Å²) < 4.78 is 7.32. The van der Waals surface area contributed by atoms with Crippen LogP contribution in [0, 0.1) is 0 Å². The fourth-order valence-corrected chi connectivity index (χ4v) is 5.69. The van der Waals surface area contributed by atoms with E-state index in [1.54, 1.807) is 67.1 Å². The average Bonchev–Trinajstić information content (AvgIpc) is 3.19. The molecule has 37 heavy (non-hydrogen) atoms. The highest BCUT2D eigenvalue weighted by Gasteiger charge is 2.32. The number of methoxy groups -OCH3 is 1. The van der Waals surface area contributed by atoms with Gasteiger partial charge in [-0.3, -0.25) is 14.2 Å². The molecule has 9 heteroatoms. The van der Waals surface area contributed by atoms with E-state index in [0.29, 0.717) is 47.6 Å². The summed E-state index contributed by atoms with van der Waals surface area (Å²) in [5, 5.41) is 3.88. The molecule has 0 aliphatic carbocycles. The minimum absolute atomic E-state index is 0.270. The first-order valence-electron chi connectivity index (χ1n) is 11.3. The van der Waals surface area contributed by atoms with Crippen LogP contribution in [-0.2, 0) is 4.79 Å². The highest BCUT2D eigenvalue weighted by molar-refractivity contribution is 7.07. The largest absolute Gasteiger partial charge is 0.497 e. The van der Waals surface area contributed by atoms with Crippen molar-refractivity contribution >= 4 is 52.2 Å². The Balaban J connectivity index is 1.68. The minimum Gasteiger partial charge on any atom is -0.497 e. The number of thiazole rings is 1. The number of fused-ring (bicyclic) bond motifs is 1. The standard InChI is InChI=1S/C28H21Cl2N3O3S/c1-16-24(26(34)32-20-6-4-3-5-7-20)25(17-9-12-21(36-2)13-10-17)33-27(35)23(37-28(33)31-16)14-18-8-11-19(29)15-22(18)30/h3-15,25H,1-2H3,(H,32,34)/b23-14+/t25-/m1/s1. The van der Waals surface area contributed by atoms with Gasteiger partial charge in [0.1, 0.15) is 5.75 Å². The SMILES string of the molecule is COc1ccc([C@@H]2C(C(=O)Nc3ccccc3)=C(C)N=c3s/c(=C/c4ccc(Cl)cc4Cl)c(=O)n32)cc1. The number of nitrogens with one attached hydrogen (secondary N) is 1. The Morgan fingerprint density at radius 3 is 2.49 bits per heavy atom. The van der Waals surface area contributed by atoms with Crippen LogP contribution < -0.4 is 24.9 Å². The molecule has 0 spiro atoms. The van der Waals surface area contributed by atoms with Crippen molar-refractivity contribution < 1.29 is 9.53 Å². The number of hydrogen-bond donors (Lipinski definition) is 1. The Kier molecular flexibility index (Phi) is 7.02. The molecule has 1 aliphatic heterocycles. The number of carbonyl (C=O) groups excluding carboxylic acids is 1. The molecule has 0 saturated heterocycles. The molecule has 1 atom stereocenters. The molecule has 4 aromatic rings. The zero-order valence-corrected chi connectivity index (χ0v) is 22.2. The normalized spacial score (nSPS) is 15.2. The van der Waals surface area contributed by atoms with Gasteiger partial charge in [-0.1, -0.05) is 70.9 Å². The molecule has 1 amide bonds. The van der Waals surface area contributed by atoms with Crippen LogP contribution >= 0.6 is 34.5 Å². The molecule has 5 rings (SSSR count). The second-order valence-electron chi connectivity index (χ2n) is 8.34. The average molecular weight is 550 g/mol. The van der Waals surface area contributed by atoms with Crippen LogP contribution in [0.1, 0.15) is 24.1 Å². The van der Waals surface area contributed by atoms with Crippen molar-refractivity contribution in [3.05, 3.63) is 125 Å². The van der Waals surface area contributed by atoms with Gasteiger partial charge in [-0.05, 0) is 60.5 Å². The van der Waals surface area contributed by atoms with Gasteiger partial charge in [0, 0.05) is 15.7 Å². The number of aromatic nitrogens is 1. The molecule has 6 nitrogen and oxygen atoms in total. The van der Waals surface area contributed by atoms with Crippen LogP contribution in [0.2, 0.25) is 10.0 Å². The summed E-state index contributed by atoms with van der Waals surface area (Å²) >= 11 is 13.6. The molecule has 1 N–H and O–H groups in total. The van der Waals surface area contributed by atoms with E-state index in [0.717, 1.165) is 5.56 Å². The summed E-state index contributed by atoms with van der Waals surface area (Å²) in [6.07, 6.45) is 1.72. The second-order valence-corrected chi connectivity index (χ2v) is 10.2. The Morgan fingerprint density at radius 1 is 1.08 bits per heavy atom. The molecule has 0 bridgehead atoms. The maximum atomic E-state index is 13.8. The van der Waals surface area contributed by atoms with E-state index in [9.17, 15) is 9.59 Å². The van der Waals surface area contributed by atoms with Gasteiger partial charge in [-0.15, -0.1) is 0 Å². The van der Waals surface area contributed by atoms with Crippen LogP contribution in [0.4, 0.5) is 5.69 Å².